The van der Waals surface area contributed by atoms with Gasteiger partial charge in [0.1, 0.15) is 22.2 Å². The molecule has 150 valence electrons. The Morgan fingerprint density at radius 3 is 2.41 bits per heavy atom. The lowest BCUT2D eigenvalue weighted by molar-refractivity contribution is 0.0692. The molecule has 0 spiro atoms. The van der Waals surface area contributed by atoms with Crippen LogP contribution in [-0.2, 0) is 12.3 Å². The first-order valence-corrected chi connectivity index (χ1v) is 11.0. The van der Waals surface area contributed by atoms with Gasteiger partial charge in [-0.05, 0) is 29.5 Å². The van der Waals surface area contributed by atoms with Gasteiger partial charge in [0, 0.05) is 12.3 Å². The molecule has 0 saturated carbocycles. The lowest BCUT2D eigenvalue weighted by atomic mass is 10.2. The molecule has 2 aromatic carbocycles. The van der Waals surface area contributed by atoms with E-state index in [2.05, 4.69) is 15.3 Å². The lowest BCUT2D eigenvalue weighted by Gasteiger charge is -2.13. The Bertz CT molecular complexity index is 967. The standard InChI is InChI=1S/C21H21N3O3S2/c1-27-16-10-8-14(9-11-16)12-22-18-17(20(25)26)19(24-21(23-18)28-2)29-13-15-6-4-3-5-7-15/h3-11H,12-13H2,1-2H3,(H,25,26)(H,22,23,24). The van der Waals surface area contributed by atoms with E-state index in [9.17, 15) is 9.90 Å². The van der Waals surface area contributed by atoms with Crippen molar-refractivity contribution in [2.75, 3.05) is 18.7 Å². The molecule has 0 aliphatic carbocycles. The number of methoxy groups -OCH3 is 1. The molecule has 2 N–H and O–H groups in total. The Hall–Kier alpha value is -2.71. The Labute approximate surface area is 178 Å². The fourth-order valence-corrected chi connectivity index (χ4v) is 3.99. The van der Waals surface area contributed by atoms with Crippen LogP contribution in [0.15, 0.2) is 64.8 Å². The molecule has 8 heteroatoms. The highest BCUT2D eigenvalue weighted by molar-refractivity contribution is 7.99. The Morgan fingerprint density at radius 1 is 1.07 bits per heavy atom. The highest BCUT2D eigenvalue weighted by atomic mass is 32.2. The van der Waals surface area contributed by atoms with Crippen molar-refractivity contribution in [3.8, 4) is 5.75 Å². The summed E-state index contributed by atoms with van der Waals surface area (Å²) in [5, 5.41) is 14.0. The number of anilines is 1. The van der Waals surface area contributed by atoms with Crippen LogP contribution >= 0.6 is 23.5 Å². The maximum absolute atomic E-state index is 12.0. The van der Waals surface area contributed by atoms with Crippen LogP contribution in [0.4, 0.5) is 5.82 Å². The number of hydrogen-bond donors (Lipinski definition) is 2. The molecule has 0 aliphatic rings. The molecule has 1 aromatic heterocycles. The van der Waals surface area contributed by atoms with Crippen molar-refractivity contribution in [3.63, 3.8) is 0 Å². The summed E-state index contributed by atoms with van der Waals surface area (Å²) in [6.45, 7) is 0.442. The summed E-state index contributed by atoms with van der Waals surface area (Å²) in [7, 11) is 1.62. The minimum Gasteiger partial charge on any atom is -0.497 e. The summed E-state index contributed by atoms with van der Waals surface area (Å²) in [6, 6.07) is 17.5. The number of nitrogens with one attached hydrogen (secondary N) is 1. The monoisotopic (exact) mass is 427 g/mol. The molecule has 0 fully saturated rings. The van der Waals surface area contributed by atoms with Gasteiger partial charge in [0.2, 0.25) is 0 Å². The second-order valence-corrected chi connectivity index (χ2v) is 7.76. The summed E-state index contributed by atoms with van der Waals surface area (Å²) < 4.78 is 5.17. The summed E-state index contributed by atoms with van der Waals surface area (Å²) in [4.78, 5) is 20.8. The van der Waals surface area contributed by atoms with Gasteiger partial charge >= 0.3 is 5.97 Å². The number of carbonyl (C=O) groups is 1. The van der Waals surface area contributed by atoms with Crippen LogP contribution in [0, 0.1) is 0 Å². The molecule has 0 saturated heterocycles. The average Bonchev–Trinajstić information content (AvgIpc) is 2.76. The Kier molecular flexibility index (Phi) is 7.37. The maximum atomic E-state index is 12.0. The fraction of sp³-hybridized carbons (Fsp3) is 0.190. The molecular formula is C21H21N3O3S2. The van der Waals surface area contributed by atoms with Gasteiger partial charge in [-0.1, -0.05) is 54.2 Å². The number of carboxylic acids is 1. The number of nitrogens with zero attached hydrogens (tertiary/aromatic N) is 2. The van der Waals surface area contributed by atoms with E-state index in [0.29, 0.717) is 28.3 Å². The first-order chi connectivity index (χ1) is 14.1. The molecule has 3 aromatic rings. The highest BCUT2D eigenvalue weighted by Crippen LogP contribution is 2.31. The van der Waals surface area contributed by atoms with E-state index in [1.807, 2.05) is 60.9 Å². The topological polar surface area (TPSA) is 84.3 Å². The van der Waals surface area contributed by atoms with Gasteiger partial charge in [0.25, 0.3) is 0 Å². The van der Waals surface area contributed by atoms with E-state index in [1.54, 1.807) is 7.11 Å². The largest absolute Gasteiger partial charge is 0.497 e. The molecule has 29 heavy (non-hydrogen) atoms. The van der Waals surface area contributed by atoms with Gasteiger partial charge in [-0.15, -0.1) is 11.8 Å². The van der Waals surface area contributed by atoms with Crippen molar-refractivity contribution in [2.45, 2.75) is 22.5 Å². The second-order valence-electron chi connectivity index (χ2n) is 6.02. The molecule has 0 atom stereocenters. The molecule has 0 radical (unpaired) electrons. The molecule has 1 heterocycles. The fourth-order valence-electron chi connectivity index (χ4n) is 2.59. The Morgan fingerprint density at radius 2 is 1.79 bits per heavy atom. The number of thioether (sulfide) groups is 2. The van der Waals surface area contributed by atoms with Gasteiger partial charge < -0.3 is 15.2 Å². The predicted molar refractivity (Wildman–Crippen MR) is 117 cm³/mol. The van der Waals surface area contributed by atoms with Crippen molar-refractivity contribution >= 4 is 35.3 Å². The van der Waals surface area contributed by atoms with Gasteiger partial charge in [-0.25, -0.2) is 14.8 Å². The molecular weight excluding hydrogens is 406 g/mol. The minimum atomic E-state index is -1.05. The zero-order chi connectivity index (χ0) is 20.6. The first-order valence-electron chi connectivity index (χ1n) is 8.83. The zero-order valence-corrected chi connectivity index (χ0v) is 17.7. The molecule has 0 amide bonds. The highest BCUT2D eigenvalue weighted by Gasteiger charge is 2.21. The van der Waals surface area contributed by atoms with E-state index in [-0.39, 0.29) is 5.56 Å². The third kappa shape index (κ3) is 5.65. The zero-order valence-electron chi connectivity index (χ0n) is 16.1. The SMILES string of the molecule is COc1ccc(CNc2nc(SC)nc(SCc3ccccc3)c2C(=O)O)cc1. The average molecular weight is 428 g/mol. The first kappa shape index (κ1) is 21.0. The van der Waals surface area contributed by atoms with Crippen molar-refractivity contribution in [3.05, 3.63) is 71.3 Å². The third-order valence-electron chi connectivity index (χ3n) is 4.09. The van der Waals surface area contributed by atoms with E-state index in [1.165, 1.54) is 23.5 Å². The number of benzene rings is 2. The van der Waals surface area contributed by atoms with Crippen molar-refractivity contribution in [1.82, 2.24) is 9.97 Å². The summed E-state index contributed by atoms with van der Waals surface area (Å²) in [5.41, 5.74) is 2.19. The molecule has 0 bridgehead atoms. The van der Waals surface area contributed by atoms with Gasteiger partial charge in [0.05, 0.1) is 7.11 Å². The Balaban J connectivity index is 1.85. The minimum absolute atomic E-state index is 0.0947. The van der Waals surface area contributed by atoms with Crippen LogP contribution in [-0.4, -0.2) is 34.4 Å². The summed E-state index contributed by atoms with van der Waals surface area (Å²) in [5.74, 6) is 0.670. The van der Waals surface area contributed by atoms with E-state index >= 15 is 0 Å². The molecule has 0 aliphatic heterocycles. The number of carboxylic acid groups (broad SMARTS) is 1. The smallest absolute Gasteiger partial charge is 0.342 e. The van der Waals surface area contributed by atoms with E-state index < -0.39 is 5.97 Å². The quantitative estimate of drug-likeness (QED) is 0.286. The lowest BCUT2D eigenvalue weighted by Crippen LogP contribution is -2.12. The number of rotatable bonds is 9. The molecule has 3 rings (SSSR count). The van der Waals surface area contributed by atoms with Crippen molar-refractivity contribution in [1.29, 1.82) is 0 Å². The van der Waals surface area contributed by atoms with Gasteiger partial charge in [0.15, 0.2) is 5.16 Å². The number of aromatic carboxylic acids is 1. The van der Waals surface area contributed by atoms with Gasteiger partial charge in [-0.2, -0.15) is 0 Å². The van der Waals surface area contributed by atoms with Crippen LogP contribution < -0.4 is 10.1 Å². The number of aromatic nitrogens is 2. The predicted octanol–water partition coefficient (Wildman–Crippen LogP) is 4.81. The maximum Gasteiger partial charge on any atom is 0.342 e. The molecule has 0 unspecified atom stereocenters. The van der Waals surface area contributed by atoms with Crippen LogP contribution in [0.5, 0.6) is 5.75 Å². The van der Waals surface area contributed by atoms with Gasteiger partial charge in [-0.3, -0.25) is 0 Å². The second kappa shape index (κ2) is 10.2. The third-order valence-corrected chi connectivity index (χ3v) is 5.68. The normalized spacial score (nSPS) is 10.6. The number of hydrogen-bond acceptors (Lipinski definition) is 7. The van der Waals surface area contributed by atoms with E-state index in [0.717, 1.165) is 16.9 Å². The number of ether oxygens (including phenoxy) is 1. The van der Waals surface area contributed by atoms with Crippen LogP contribution in [0.2, 0.25) is 0 Å². The van der Waals surface area contributed by atoms with Crippen LogP contribution in [0.1, 0.15) is 21.5 Å². The summed E-state index contributed by atoms with van der Waals surface area (Å²) in [6.07, 6.45) is 1.87. The molecule has 6 nitrogen and oxygen atoms in total. The van der Waals surface area contributed by atoms with Crippen LogP contribution in [0.3, 0.4) is 0 Å². The van der Waals surface area contributed by atoms with E-state index in [4.69, 9.17) is 4.74 Å². The van der Waals surface area contributed by atoms with Crippen molar-refractivity contribution < 1.29 is 14.6 Å². The summed E-state index contributed by atoms with van der Waals surface area (Å²) >= 11 is 2.78. The van der Waals surface area contributed by atoms with Crippen molar-refractivity contribution in [2.24, 2.45) is 0 Å². The van der Waals surface area contributed by atoms with Crippen LogP contribution in [0.25, 0.3) is 0 Å².